The molecular formula is C17H22BrClO. The number of aliphatic hydroxyl groups excluding tert-OH is 1. The van der Waals surface area contributed by atoms with E-state index in [1.54, 1.807) is 0 Å². The minimum absolute atomic E-state index is 0.250. The third-order valence-corrected chi connectivity index (χ3v) is 4.55. The van der Waals surface area contributed by atoms with Crippen LogP contribution >= 0.6 is 27.5 Å². The fourth-order valence-corrected chi connectivity index (χ4v) is 3.55. The van der Waals surface area contributed by atoms with Crippen molar-refractivity contribution in [1.82, 2.24) is 0 Å². The predicted octanol–water partition coefficient (Wildman–Crippen LogP) is 6.48. The molecule has 0 fully saturated rings. The molecule has 20 heavy (non-hydrogen) atoms. The number of allylic oxidation sites excluding steroid dienone is 1. The van der Waals surface area contributed by atoms with Gasteiger partial charge in [0.05, 0.1) is 5.76 Å². The van der Waals surface area contributed by atoms with Crippen LogP contribution in [-0.4, -0.2) is 5.11 Å². The molecule has 0 aliphatic heterocycles. The van der Waals surface area contributed by atoms with Crippen molar-refractivity contribution >= 4 is 33.6 Å². The molecule has 1 N–H and O–H groups in total. The molecule has 0 unspecified atom stereocenters. The molecule has 0 aliphatic carbocycles. The van der Waals surface area contributed by atoms with E-state index in [1.165, 1.54) is 5.56 Å². The van der Waals surface area contributed by atoms with Gasteiger partial charge in [0.15, 0.2) is 0 Å². The van der Waals surface area contributed by atoms with E-state index in [4.69, 9.17) is 16.7 Å². The molecule has 0 amide bonds. The van der Waals surface area contributed by atoms with E-state index in [1.807, 2.05) is 6.08 Å². The summed E-state index contributed by atoms with van der Waals surface area (Å²) in [7, 11) is 0. The molecule has 0 spiro atoms. The Hall–Kier alpha value is -0.730. The fraction of sp³-hybridized carbons (Fsp3) is 0.412. The van der Waals surface area contributed by atoms with Gasteiger partial charge in [-0.2, -0.15) is 0 Å². The van der Waals surface area contributed by atoms with Crippen LogP contribution in [0.2, 0.25) is 5.02 Å². The Morgan fingerprint density at radius 1 is 1.40 bits per heavy atom. The number of aryl methyl sites for hydroxylation is 1. The van der Waals surface area contributed by atoms with E-state index in [0.29, 0.717) is 6.42 Å². The maximum absolute atomic E-state index is 9.09. The van der Waals surface area contributed by atoms with Crippen molar-refractivity contribution in [3.63, 3.8) is 0 Å². The highest BCUT2D eigenvalue weighted by atomic mass is 79.9. The van der Waals surface area contributed by atoms with Gasteiger partial charge in [0.2, 0.25) is 0 Å². The van der Waals surface area contributed by atoms with E-state index in [9.17, 15) is 0 Å². The largest absolute Gasteiger partial charge is 0.513 e. The Labute approximate surface area is 135 Å². The molecule has 0 saturated heterocycles. The molecule has 0 aromatic heterocycles. The number of rotatable bonds is 8. The van der Waals surface area contributed by atoms with Crippen LogP contribution < -0.4 is 0 Å². The highest BCUT2D eigenvalue weighted by Gasteiger charge is 2.13. The van der Waals surface area contributed by atoms with E-state index in [-0.39, 0.29) is 5.76 Å². The van der Waals surface area contributed by atoms with Crippen LogP contribution in [0.1, 0.15) is 49.3 Å². The van der Waals surface area contributed by atoms with Crippen LogP contribution in [0.3, 0.4) is 0 Å². The van der Waals surface area contributed by atoms with Gasteiger partial charge >= 0.3 is 0 Å². The molecular weight excluding hydrogens is 336 g/mol. The van der Waals surface area contributed by atoms with Crippen LogP contribution in [0.5, 0.6) is 0 Å². The maximum atomic E-state index is 9.09. The zero-order valence-corrected chi connectivity index (χ0v) is 14.4. The van der Waals surface area contributed by atoms with Gasteiger partial charge in [-0.05, 0) is 64.4 Å². The number of aliphatic hydroxyl groups is 1. The van der Waals surface area contributed by atoms with Gasteiger partial charge in [0.25, 0.3) is 0 Å². The Balaban J connectivity index is 2.91. The first-order chi connectivity index (χ1) is 9.51. The van der Waals surface area contributed by atoms with Crippen LogP contribution in [0.25, 0.3) is 6.08 Å². The lowest BCUT2D eigenvalue weighted by atomic mass is 9.97. The van der Waals surface area contributed by atoms with Gasteiger partial charge in [-0.1, -0.05) is 44.2 Å². The van der Waals surface area contributed by atoms with Crippen molar-refractivity contribution < 1.29 is 5.11 Å². The minimum atomic E-state index is 0.250. The van der Waals surface area contributed by atoms with Crippen molar-refractivity contribution in [3.8, 4) is 0 Å². The second kappa shape index (κ2) is 8.53. The second-order valence-corrected chi connectivity index (χ2v) is 6.15. The molecule has 0 heterocycles. The monoisotopic (exact) mass is 356 g/mol. The summed E-state index contributed by atoms with van der Waals surface area (Å²) in [5.74, 6) is 0.250. The molecule has 0 saturated carbocycles. The van der Waals surface area contributed by atoms with Crippen LogP contribution in [0, 0.1) is 0 Å². The Bertz CT molecular complexity index is 494. The summed E-state index contributed by atoms with van der Waals surface area (Å²) in [6, 6.07) is 2.06. The van der Waals surface area contributed by atoms with Crippen LogP contribution in [0.4, 0.5) is 0 Å². The zero-order chi connectivity index (χ0) is 15.1. The molecule has 0 radical (unpaired) electrons. The Morgan fingerprint density at radius 2 is 2.10 bits per heavy atom. The lowest BCUT2D eigenvalue weighted by Gasteiger charge is -2.14. The topological polar surface area (TPSA) is 20.2 Å². The molecule has 1 nitrogen and oxygen atoms in total. The van der Waals surface area contributed by atoms with E-state index in [2.05, 4.69) is 42.1 Å². The maximum Gasteiger partial charge on any atom is 0.0851 e. The SMILES string of the molecule is C=Cc1c(CCC)cc(Cl)c(CCCCC(=C)O)c1Br. The highest BCUT2D eigenvalue weighted by Crippen LogP contribution is 2.34. The second-order valence-electron chi connectivity index (χ2n) is 4.95. The summed E-state index contributed by atoms with van der Waals surface area (Å²) in [6.45, 7) is 9.57. The predicted molar refractivity (Wildman–Crippen MR) is 92.6 cm³/mol. The molecule has 1 rings (SSSR count). The molecule has 0 aliphatic rings. The number of halogens is 2. The lowest BCUT2D eigenvalue weighted by molar-refractivity contribution is 0.385. The van der Waals surface area contributed by atoms with Gasteiger partial charge < -0.3 is 5.11 Å². The fourth-order valence-electron chi connectivity index (χ4n) is 2.28. The first-order valence-corrected chi connectivity index (χ1v) is 8.17. The zero-order valence-electron chi connectivity index (χ0n) is 12.0. The summed E-state index contributed by atoms with van der Waals surface area (Å²) < 4.78 is 1.06. The normalized spacial score (nSPS) is 10.6. The third kappa shape index (κ3) is 4.68. The molecule has 0 atom stereocenters. The van der Waals surface area contributed by atoms with Crippen LogP contribution in [0.15, 0.2) is 29.5 Å². The molecule has 0 bridgehead atoms. The van der Waals surface area contributed by atoms with Gasteiger partial charge in [-0.3, -0.25) is 0 Å². The lowest BCUT2D eigenvalue weighted by Crippen LogP contribution is -1.97. The standard InChI is InChI=1S/C17H22BrClO/c1-4-8-13-11-16(19)15(17(18)14(13)5-2)10-7-6-9-12(3)20/h5,11,20H,2-4,6-10H2,1H3. The minimum Gasteiger partial charge on any atom is -0.513 e. The van der Waals surface area contributed by atoms with Crippen molar-refractivity contribution in [3.05, 3.63) is 51.2 Å². The summed E-state index contributed by atoms with van der Waals surface area (Å²) in [5, 5.41) is 9.91. The van der Waals surface area contributed by atoms with Gasteiger partial charge in [-0.15, -0.1) is 0 Å². The first kappa shape index (κ1) is 17.3. The highest BCUT2D eigenvalue weighted by molar-refractivity contribution is 9.10. The average Bonchev–Trinajstić information content (AvgIpc) is 2.37. The van der Waals surface area contributed by atoms with Gasteiger partial charge in [0.1, 0.15) is 0 Å². The molecule has 1 aromatic carbocycles. The number of hydrogen-bond donors (Lipinski definition) is 1. The summed E-state index contributed by atoms with van der Waals surface area (Å²) >= 11 is 10.1. The molecule has 110 valence electrons. The first-order valence-electron chi connectivity index (χ1n) is 7.00. The summed E-state index contributed by atoms with van der Waals surface area (Å²) in [6.07, 6.45) is 7.41. The smallest absolute Gasteiger partial charge is 0.0851 e. The number of benzene rings is 1. The molecule has 1 aromatic rings. The van der Waals surface area contributed by atoms with E-state index < -0.39 is 0 Å². The van der Waals surface area contributed by atoms with Crippen molar-refractivity contribution in [1.29, 1.82) is 0 Å². The molecule has 3 heteroatoms. The van der Waals surface area contributed by atoms with Gasteiger partial charge in [-0.25, -0.2) is 0 Å². The Kier molecular flexibility index (Phi) is 7.39. The van der Waals surface area contributed by atoms with Gasteiger partial charge in [0, 0.05) is 15.9 Å². The van der Waals surface area contributed by atoms with Crippen LogP contribution in [-0.2, 0) is 12.8 Å². The summed E-state index contributed by atoms with van der Waals surface area (Å²) in [4.78, 5) is 0. The number of hydrogen-bond acceptors (Lipinski definition) is 1. The van der Waals surface area contributed by atoms with E-state index in [0.717, 1.165) is 52.7 Å². The van der Waals surface area contributed by atoms with Crippen molar-refractivity contribution in [2.24, 2.45) is 0 Å². The van der Waals surface area contributed by atoms with Crippen molar-refractivity contribution in [2.45, 2.75) is 45.4 Å². The third-order valence-electron chi connectivity index (χ3n) is 3.30. The summed E-state index contributed by atoms with van der Waals surface area (Å²) in [5.41, 5.74) is 3.52. The number of unbranched alkanes of at least 4 members (excludes halogenated alkanes) is 1. The van der Waals surface area contributed by atoms with E-state index >= 15 is 0 Å². The quantitative estimate of drug-likeness (QED) is 0.417. The average molecular weight is 358 g/mol. The van der Waals surface area contributed by atoms with Crippen molar-refractivity contribution in [2.75, 3.05) is 0 Å². The Morgan fingerprint density at radius 3 is 2.65 bits per heavy atom.